The van der Waals surface area contributed by atoms with Gasteiger partial charge in [0.15, 0.2) is 10.8 Å². The monoisotopic (exact) mass is 537 g/mol. The molecule has 5 heterocycles. The van der Waals surface area contributed by atoms with Gasteiger partial charge in [0.05, 0.1) is 62.0 Å². The molecular formula is C24H20ClN7O4S. The number of pyridine rings is 2. The van der Waals surface area contributed by atoms with Crippen molar-refractivity contribution in [3.05, 3.63) is 69.6 Å². The van der Waals surface area contributed by atoms with Crippen LogP contribution in [0.5, 0.6) is 11.6 Å². The van der Waals surface area contributed by atoms with Crippen LogP contribution in [0.4, 0.5) is 5.13 Å². The molecule has 0 spiro atoms. The molecule has 0 radical (unpaired) electrons. The predicted molar refractivity (Wildman–Crippen MR) is 136 cm³/mol. The molecule has 0 saturated heterocycles. The number of carbonyl (C=O) groups is 2. The van der Waals surface area contributed by atoms with E-state index < -0.39 is 0 Å². The van der Waals surface area contributed by atoms with E-state index in [4.69, 9.17) is 21.1 Å². The molecule has 0 aliphatic carbocycles. The number of thiazole rings is 1. The third-order valence-corrected chi connectivity index (χ3v) is 6.84. The standard InChI is InChI=1S/C24H20ClN7O4S/c1-12-4-13(14-5-20(25)28-8-18(14)35-2)15(6-27-12)22(33)31-24-30-17-10-32(11-19(17)37-24)23(34)16-7-26-9-21(29-16)36-3/h4-9H,10-11H2,1-3H3,(H,30,31,33). The maximum Gasteiger partial charge on any atom is 0.274 e. The Bertz CT molecular complexity index is 1500. The number of ether oxygens (including phenoxy) is 2. The first kappa shape index (κ1) is 24.5. The van der Waals surface area contributed by atoms with Crippen molar-refractivity contribution in [3.63, 3.8) is 0 Å². The summed E-state index contributed by atoms with van der Waals surface area (Å²) < 4.78 is 10.5. The number of nitrogens with one attached hydrogen (secondary N) is 1. The summed E-state index contributed by atoms with van der Waals surface area (Å²) >= 11 is 7.43. The molecule has 1 aliphatic heterocycles. The van der Waals surface area contributed by atoms with Crippen molar-refractivity contribution in [2.75, 3.05) is 19.5 Å². The van der Waals surface area contributed by atoms with E-state index in [2.05, 4.69) is 30.2 Å². The molecule has 0 fully saturated rings. The lowest BCUT2D eigenvalue weighted by Gasteiger charge is -2.15. The molecule has 0 bridgehead atoms. The molecule has 0 saturated carbocycles. The second-order valence-corrected chi connectivity index (χ2v) is 9.50. The summed E-state index contributed by atoms with van der Waals surface area (Å²) in [5.74, 6) is 0.0781. The van der Waals surface area contributed by atoms with Gasteiger partial charge in [-0.25, -0.2) is 15.0 Å². The fourth-order valence-electron chi connectivity index (χ4n) is 3.87. The molecule has 11 nitrogen and oxygen atoms in total. The van der Waals surface area contributed by atoms with Crippen LogP contribution in [0.25, 0.3) is 11.1 Å². The minimum absolute atomic E-state index is 0.189. The van der Waals surface area contributed by atoms with E-state index >= 15 is 0 Å². The lowest BCUT2D eigenvalue weighted by atomic mass is 10.0. The number of hydrogen-bond donors (Lipinski definition) is 1. The van der Waals surface area contributed by atoms with Crippen molar-refractivity contribution in [2.45, 2.75) is 20.0 Å². The molecule has 13 heteroatoms. The highest BCUT2D eigenvalue weighted by molar-refractivity contribution is 7.16. The quantitative estimate of drug-likeness (QED) is 0.365. The van der Waals surface area contributed by atoms with Gasteiger partial charge in [-0.1, -0.05) is 22.9 Å². The van der Waals surface area contributed by atoms with Gasteiger partial charge in [0, 0.05) is 23.0 Å². The van der Waals surface area contributed by atoms with Gasteiger partial charge in [-0.05, 0) is 19.1 Å². The van der Waals surface area contributed by atoms with Crippen LogP contribution in [0.3, 0.4) is 0 Å². The first-order chi connectivity index (χ1) is 17.9. The molecule has 1 N–H and O–H groups in total. The van der Waals surface area contributed by atoms with Gasteiger partial charge in [0.2, 0.25) is 5.88 Å². The number of rotatable bonds is 6. The molecule has 5 rings (SSSR count). The fourth-order valence-corrected chi connectivity index (χ4v) is 5.01. The first-order valence-corrected chi connectivity index (χ1v) is 12.2. The molecule has 188 valence electrons. The van der Waals surface area contributed by atoms with Gasteiger partial charge in [-0.3, -0.25) is 24.9 Å². The Kier molecular flexibility index (Phi) is 6.68. The van der Waals surface area contributed by atoms with Gasteiger partial charge in [0.25, 0.3) is 11.8 Å². The summed E-state index contributed by atoms with van der Waals surface area (Å²) in [4.78, 5) is 49.7. The maximum atomic E-state index is 13.3. The van der Waals surface area contributed by atoms with Gasteiger partial charge in [-0.15, -0.1) is 0 Å². The van der Waals surface area contributed by atoms with E-state index in [1.165, 1.54) is 50.3 Å². The van der Waals surface area contributed by atoms with Gasteiger partial charge >= 0.3 is 0 Å². The van der Waals surface area contributed by atoms with Crippen molar-refractivity contribution in [1.82, 2.24) is 29.8 Å². The predicted octanol–water partition coefficient (Wildman–Crippen LogP) is 3.78. The minimum Gasteiger partial charge on any atom is -0.494 e. The number of carbonyl (C=O) groups excluding carboxylic acids is 2. The molecule has 0 unspecified atom stereocenters. The van der Waals surface area contributed by atoms with Crippen LogP contribution < -0.4 is 14.8 Å². The second kappa shape index (κ2) is 10.1. The average molecular weight is 538 g/mol. The molecule has 4 aromatic heterocycles. The Labute approximate surface area is 220 Å². The van der Waals surface area contributed by atoms with Crippen LogP contribution in [0.2, 0.25) is 5.15 Å². The highest BCUT2D eigenvalue weighted by Gasteiger charge is 2.29. The van der Waals surface area contributed by atoms with Gasteiger partial charge in [0.1, 0.15) is 10.9 Å². The van der Waals surface area contributed by atoms with Crippen LogP contribution in [0.1, 0.15) is 37.1 Å². The Morgan fingerprint density at radius 3 is 2.62 bits per heavy atom. The maximum absolute atomic E-state index is 13.3. The van der Waals surface area contributed by atoms with Crippen molar-refractivity contribution < 1.29 is 19.1 Å². The van der Waals surface area contributed by atoms with E-state index in [1.54, 1.807) is 17.0 Å². The molecule has 0 aromatic carbocycles. The van der Waals surface area contributed by atoms with Crippen molar-refractivity contribution in [3.8, 4) is 22.8 Å². The van der Waals surface area contributed by atoms with E-state index in [0.29, 0.717) is 46.4 Å². The lowest BCUT2D eigenvalue weighted by Crippen LogP contribution is -2.26. The summed E-state index contributed by atoms with van der Waals surface area (Å²) in [6.07, 6.45) is 5.84. The van der Waals surface area contributed by atoms with E-state index in [-0.39, 0.29) is 28.5 Å². The molecular weight excluding hydrogens is 518 g/mol. The Morgan fingerprint density at radius 2 is 1.86 bits per heavy atom. The summed E-state index contributed by atoms with van der Waals surface area (Å²) in [5.41, 5.74) is 3.18. The second-order valence-electron chi connectivity index (χ2n) is 8.03. The zero-order valence-electron chi connectivity index (χ0n) is 20.0. The molecule has 4 aromatic rings. The van der Waals surface area contributed by atoms with Gasteiger partial charge in [-0.2, -0.15) is 0 Å². The Hall–Kier alpha value is -4.16. The first-order valence-electron chi connectivity index (χ1n) is 11.0. The Balaban J connectivity index is 1.35. The molecule has 37 heavy (non-hydrogen) atoms. The lowest BCUT2D eigenvalue weighted by molar-refractivity contribution is 0.0743. The van der Waals surface area contributed by atoms with Crippen LogP contribution >= 0.6 is 22.9 Å². The topological polar surface area (TPSA) is 132 Å². The molecule has 2 amide bonds. The van der Waals surface area contributed by atoms with E-state index in [0.717, 1.165) is 10.6 Å². The smallest absolute Gasteiger partial charge is 0.274 e. The number of aromatic nitrogens is 5. The fraction of sp³-hybridized carbons (Fsp3) is 0.208. The third-order valence-electron chi connectivity index (χ3n) is 5.63. The molecule has 0 atom stereocenters. The van der Waals surface area contributed by atoms with E-state index in [1.807, 2.05) is 6.92 Å². The third kappa shape index (κ3) is 4.93. The van der Waals surface area contributed by atoms with Crippen LogP contribution in [0, 0.1) is 6.92 Å². The Morgan fingerprint density at radius 1 is 1.03 bits per heavy atom. The number of halogens is 1. The summed E-state index contributed by atoms with van der Waals surface area (Å²) in [6.45, 7) is 2.48. The number of aryl methyl sites for hydroxylation is 1. The number of methoxy groups -OCH3 is 2. The molecule has 1 aliphatic rings. The largest absolute Gasteiger partial charge is 0.494 e. The zero-order valence-corrected chi connectivity index (χ0v) is 21.6. The highest BCUT2D eigenvalue weighted by Crippen LogP contribution is 2.35. The highest BCUT2D eigenvalue weighted by atomic mass is 35.5. The number of fused-ring (bicyclic) bond motifs is 1. The van der Waals surface area contributed by atoms with Crippen molar-refractivity contribution >= 4 is 39.9 Å². The number of nitrogens with zero attached hydrogens (tertiary/aromatic N) is 6. The minimum atomic E-state index is -0.385. The summed E-state index contributed by atoms with van der Waals surface area (Å²) in [5, 5.41) is 3.55. The van der Waals surface area contributed by atoms with Crippen molar-refractivity contribution in [1.29, 1.82) is 0 Å². The zero-order chi connectivity index (χ0) is 26.1. The number of hydrogen-bond acceptors (Lipinski definition) is 10. The SMILES string of the molecule is COc1cncc(C(=O)N2Cc3nc(NC(=O)c4cnc(C)cc4-c4cc(Cl)ncc4OC)sc3C2)n1. The van der Waals surface area contributed by atoms with Crippen LogP contribution in [-0.4, -0.2) is 55.9 Å². The summed E-state index contributed by atoms with van der Waals surface area (Å²) in [6, 6.07) is 3.43. The number of amides is 2. The summed E-state index contributed by atoms with van der Waals surface area (Å²) in [7, 11) is 2.98. The van der Waals surface area contributed by atoms with Crippen LogP contribution in [-0.2, 0) is 13.1 Å². The van der Waals surface area contributed by atoms with Crippen LogP contribution in [0.15, 0.2) is 36.9 Å². The van der Waals surface area contributed by atoms with Crippen molar-refractivity contribution in [2.24, 2.45) is 0 Å². The normalized spacial score (nSPS) is 12.3. The van der Waals surface area contributed by atoms with Gasteiger partial charge < -0.3 is 14.4 Å². The number of anilines is 1. The van der Waals surface area contributed by atoms with E-state index in [9.17, 15) is 9.59 Å². The average Bonchev–Trinajstić information content (AvgIpc) is 3.47.